The van der Waals surface area contributed by atoms with Gasteiger partial charge in [0.05, 0.1) is 18.9 Å². The SMILES string of the molecule is CSc1ccccc1NC(=NCC1CCCC(CN)C1)N1CCOCC1. The van der Waals surface area contributed by atoms with Crippen LogP contribution in [0.25, 0.3) is 0 Å². The van der Waals surface area contributed by atoms with Crippen molar-refractivity contribution in [1.82, 2.24) is 4.90 Å². The molecule has 144 valence electrons. The first-order valence-corrected chi connectivity index (χ1v) is 11.0. The molecule has 26 heavy (non-hydrogen) atoms. The molecule has 2 aliphatic rings. The number of hydrogen-bond acceptors (Lipinski definition) is 4. The first kappa shape index (κ1) is 19.5. The lowest BCUT2D eigenvalue weighted by Gasteiger charge is -2.32. The number of anilines is 1. The van der Waals surface area contributed by atoms with Gasteiger partial charge in [0.1, 0.15) is 0 Å². The summed E-state index contributed by atoms with van der Waals surface area (Å²) in [7, 11) is 0. The van der Waals surface area contributed by atoms with Gasteiger partial charge in [-0.3, -0.25) is 4.99 Å². The number of aliphatic imine (C=N–C) groups is 1. The minimum Gasteiger partial charge on any atom is -0.378 e. The van der Waals surface area contributed by atoms with Gasteiger partial charge in [0.2, 0.25) is 0 Å². The molecule has 2 atom stereocenters. The van der Waals surface area contributed by atoms with Crippen LogP contribution in [-0.4, -0.2) is 56.5 Å². The molecular weight excluding hydrogens is 344 g/mol. The van der Waals surface area contributed by atoms with Crippen LogP contribution in [0.5, 0.6) is 0 Å². The van der Waals surface area contributed by atoms with E-state index in [0.717, 1.165) is 51.0 Å². The normalized spacial score (nSPS) is 24.5. The second-order valence-corrected chi connectivity index (χ2v) is 8.07. The Bertz CT molecular complexity index is 589. The predicted octanol–water partition coefficient (Wildman–Crippen LogP) is 3.27. The molecule has 1 saturated carbocycles. The van der Waals surface area contributed by atoms with Crippen molar-refractivity contribution >= 4 is 23.4 Å². The van der Waals surface area contributed by atoms with Crippen LogP contribution in [0.3, 0.4) is 0 Å². The monoisotopic (exact) mass is 376 g/mol. The standard InChI is InChI=1S/C20H32N4OS/c1-26-19-8-3-2-7-18(19)23-20(24-9-11-25-12-10-24)22-15-17-6-4-5-16(13-17)14-21/h2-3,7-8,16-17H,4-6,9-15,21H2,1H3,(H,22,23). The molecular formula is C20H32N4OS. The second kappa shape index (κ2) is 10.2. The Balaban J connectivity index is 1.72. The third-order valence-electron chi connectivity index (χ3n) is 5.39. The van der Waals surface area contributed by atoms with Crippen molar-refractivity contribution in [2.45, 2.75) is 30.6 Å². The van der Waals surface area contributed by atoms with E-state index < -0.39 is 0 Å². The summed E-state index contributed by atoms with van der Waals surface area (Å²) in [4.78, 5) is 8.60. The van der Waals surface area contributed by atoms with Crippen molar-refractivity contribution < 1.29 is 4.74 Å². The Morgan fingerprint density at radius 1 is 1.27 bits per heavy atom. The molecule has 2 fully saturated rings. The van der Waals surface area contributed by atoms with Crippen LogP contribution in [0.15, 0.2) is 34.2 Å². The van der Waals surface area contributed by atoms with Gasteiger partial charge in [0, 0.05) is 24.5 Å². The molecule has 0 aromatic heterocycles. The number of rotatable bonds is 5. The smallest absolute Gasteiger partial charge is 0.198 e. The quantitative estimate of drug-likeness (QED) is 0.469. The van der Waals surface area contributed by atoms with Gasteiger partial charge >= 0.3 is 0 Å². The molecule has 0 spiro atoms. The van der Waals surface area contributed by atoms with Gasteiger partial charge in [0.25, 0.3) is 0 Å². The molecule has 3 N–H and O–H groups in total. The minimum atomic E-state index is 0.658. The maximum atomic E-state index is 5.90. The first-order chi connectivity index (χ1) is 12.8. The van der Waals surface area contributed by atoms with Gasteiger partial charge in [-0.25, -0.2) is 0 Å². The average Bonchev–Trinajstić information content (AvgIpc) is 2.72. The number of morpholine rings is 1. The molecule has 1 saturated heterocycles. The maximum absolute atomic E-state index is 5.90. The summed E-state index contributed by atoms with van der Waals surface area (Å²) in [5.41, 5.74) is 7.03. The topological polar surface area (TPSA) is 62.9 Å². The summed E-state index contributed by atoms with van der Waals surface area (Å²) in [6.07, 6.45) is 7.18. The van der Waals surface area contributed by atoms with E-state index in [1.54, 1.807) is 11.8 Å². The molecule has 2 unspecified atom stereocenters. The lowest BCUT2D eigenvalue weighted by atomic mass is 9.81. The van der Waals surface area contributed by atoms with Crippen molar-refractivity contribution in [2.24, 2.45) is 22.6 Å². The van der Waals surface area contributed by atoms with Crippen molar-refractivity contribution in [2.75, 3.05) is 51.0 Å². The highest BCUT2D eigenvalue weighted by molar-refractivity contribution is 7.98. The molecule has 1 aromatic rings. The lowest BCUT2D eigenvalue weighted by molar-refractivity contribution is 0.0678. The lowest BCUT2D eigenvalue weighted by Crippen LogP contribution is -2.44. The Morgan fingerprint density at radius 2 is 2.04 bits per heavy atom. The number of para-hydroxylation sites is 1. The van der Waals surface area contributed by atoms with Crippen LogP contribution in [-0.2, 0) is 4.74 Å². The molecule has 6 heteroatoms. The van der Waals surface area contributed by atoms with Gasteiger partial charge in [-0.2, -0.15) is 0 Å². The summed E-state index contributed by atoms with van der Waals surface area (Å²) >= 11 is 1.76. The van der Waals surface area contributed by atoms with Crippen molar-refractivity contribution in [3.8, 4) is 0 Å². The number of benzene rings is 1. The van der Waals surface area contributed by atoms with Crippen LogP contribution in [0.4, 0.5) is 5.69 Å². The summed E-state index contributed by atoms with van der Waals surface area (Å²) < 4.78 is 5.53. The molecule has 1 aliphatic heterocycles. The number of thioether (sulfide) groups is 1. The first-order valence-electron chi connectivity index (χ1n) is 9.77. The molecule has 0 bridgehead atoms. The van der Waals surface area contributed by atoms with E-state index >= 15 is 0 Å². The number of nitrogens with one attached hydrogen (secondary N) is 1. The fourth-order valence-corrected chi connectivity index (χ4v) is 4.41. The van der Waals surface area contributed by atoms with Gasteiger partial charge in [0.15, 0.2) is 5.96 Å². The van der Waals surface area contributed by atoms with Crippen molar-refractivity contribution in [3.63, 3.8) is 0 Å². The zero-order valence-corrected chi connectivity index (χ0v) is 16.6. The molecule has 1 aliphatic carbocycles. The summed E-state index contributed by atoms with van der Waals surface area (Å²) in [6, 6.07) is 8.44. The number of nitrogens with zero attached hydrogens (tertiary/aromatic N) is 2. The predicted molar refractivity (Wildman–Crippen MR) is 111 cm³/mol. The molecule has 1 heterocycles. The third kappa shape index (κ3) is 5.38. The largest absolute Gasteiger partial charge is 0.378 e. The van der Waals surface area contributed by atoms with Gasteiger partial charge in [-0.05, 0) is 56.0 Å². The summed E-state index contributed by atoms with van der Waals surface area (Å²) in [6.45, 7) is 5.02. The van der Waals surface area contributed by atoms with Gasteiger partial charge in [-0.1, -0.05) is 18.6 Å². The van der Waals surface area contributed by atoms with Gasteiger partial charge in [-0.15, -0.1) is 11.8 Å². The van der Waals surface area contributed by atoms with Crippen LogP contribution in [0, 0.1) is 11.8 Å². The molecule has 3 rings (SSSR count). The fourth-order valence-electron chi connectivity index (χ4n) is 3.86. The third-order valence-corrected chi connectivity index (χ3v) is 6.18. The number of hydrogen-bond donors (Lipinski definition) is 2. The zero-order chi connectivity index (χ0) is 18.2. The molecule has 1 aromatic carbocycles. The van der Waals surface area contributed by atoms with Crippen LogP contribution in [0.2, 0.25) is 0 Å². The Hall–Kier alpha value is -1.24. The molecule has 0 radical (unpaired) electrons. The van der Waals surface area contributed by atoms with Crippen molar-refractivity contribution in [1.29, 1.82) is 0 Å². The average molecular weight is 377 g/mol. The highest BCUT2D eigenvalue weighted by atomic mass is 32.2. The van der Waals surface area contributed by atoms with Crippen LogP contribution >= 0.6 is 11.8 Å². The molecule has 0 amide bonds. The van der Waals surface area contributed by atoms with E-state index in [9.17, 15) is 0 Å². The number of guanidine groups is 1. The number of nitrogens with two attached hydrogens (primary N) is 1. The fraction of sp³-hybridized carbons (Fsp3) is 0.650. The van der Waals surface area contributed by atoms with E-state index in [1.807, 2.05) is 0 Å². The highest BCUT2D eigenvalue weighted by Gasteiger charge is 2.22. The molecule has 5 nitrogen and oxygen atoms in total. The second-order valence-electron chi connectivity index (χ2n) is 7.22. The summed E-state index contributed by atoms with van der Waals surface area (Å²) in [5.74, 6) is 2.33. The van der Waals surface area contributed by atoms with E-state index in [4.69, 9.17) is 15.5 Å². The van der Waals surface area contributed by atoms with E-state index in [2.05, 4.69) is 40.7 Å². The zero-order valence-electron chi connectivity index (χ0n) is 15.8. The highest BCUT2D eigenvalue weighted by Crippen LogP contribution is 2.29. The Labute approximate surface area is 161 Å². The van der Waals surface area contributed by atoms with E-state index in [-0.39, 0.29) is 0 Å². The van der Waals surface area contributed by atoms with Gasteiger partial charge < -0.3 is 20.7 Å². The Morgan fingerprint density at radius 3 is 2.81 bits per heavy atom. The van der Waals surface area contributed by atoms with E-state index in [0.29, 0.717) is 11.8 Å². The Kier molecular flexibility index (Phi) is 7.65. The van der Waals surface area contributed by atoms with Crippen molar-refractivity contribution in [3.05, 3.63) is 24.3 Å². The number of ether oxygens (including phenoxy) is 1. The van der Waals surface area contributed by atoms with Crippen LogP contribution < -0.4 is 11.1 Å². The summed E-state index contributed by atoms with van der Waals surface area (Å²) in [5, 5.41) is 3.61. The van der Waals surface area contributed by atoms with Crippen LogP contribution in [0.1, 0.15) is 25.7 Å². The van der Waals surface area contributed by atoms with E-state index in [1.165, 1.54) is 30.6 Å². The maximum Gasteiger partial charge on any atom is 0.198 e. The minimum absolute atomic E-state index is 0.658.